The van der Waals surface area contributed by atoms with Gasteiger partial charge in [0.25, 0.3) is 0 Å². The quantitative estimate of drug-likeness (QED) is 0.569. The second kappa shape index (κ2) is 2.31. The number of rotatable bonds is 1. The second-order valence-corrected chi connectivity index (χ2v) is 2.71. The first kappa shape index (κ1) is 6.48. The fourth-order valence-corrected chi connectivity index (χ4v) is 1.57. The molecule has 0 fully saturated rings. The van der Waals surface area contributed by atoms with Crippen molar-refractivity contribution in [2.45, 2.75) is 0 Å². The molecule has 0 saturated heterocycles. The summed E-state index contributed by atoms with van der Waals surface area (Å²) in [5.74, 6) is -0.104. The first-order chi connectivity index (χ1) is 4.22. The van der Waals surface area contributed by atoms with Gasteiger partial charge in [-0.25, -0.2) is 4.79 Å². The number of thioether (sulfide) groups is 1. The van der Waals surface area contributed by atoms with Crippen LogP contribution in [-0.2, 0) is 4.79 Å². The van der Waals surface area contributed by atoms with E-state index in [9.17, 15) is 4.79 Å². The molecule has 3 nitrogen and oxygen atoms in total. The van der Waals surface area contributed by atoms with E-state index in [4.69, 9.17) is 10.2 Å². The molecule has 0 aromatic rings. The lowest BCUT2D eigenvalue weighted by atomic mass is 10.3. The number of carboxylic acid groups (broad SMARTS) is 1. The molecule has 0 spiro atoms. The monoisotopic (exact) mass is 146 g/mol. The largest absolute Gasteiger partial charge is 0.511 e. The average Bonchev–Trinajstić information content (AvgIpc) is 2.13. The molecule has 0 atom stereocenters. The van der Waals surface area contributed by atoms with Gasteiger partial charge in [0.1, 0.15) is 5.76 Å². The van der Waals surface area contributed by atoms with Crippen molar-refractivity contribution in [1.29, 1.82) is 0 Å². The van der Waals surface area contributed by atoms with Gasteiger partial charge in [0, 0.05) is 5.75 Å². The maximum absolute atomic E-state index is 10.2. The van der Waals surface area contributed by atoms with Gasteiger partial charge in [-0.15, -0.1) is 11.8 Å². The molecule has 1 rings (SSSR count). The molecular weight excluding hydrogens is 140 g/mol. The van der Waals surface area contributed by atoms with E-state index in [0.29, 0.717) is 11.5 Å². The van der Waals surface area contributed by atoms with Crippen LogP contribution in [0.1, 0.15) is 0 Å². The molecule has 0 unspecified atom stereocenters. The zero-order valence-electron chi connectivity index (χ0n) is 4.63. The maximum atomic E-state index is 10.2. The van der Waals surface area contributed by atoms with Crippen molar-refractivity contribution in [3.8, 4) is 0 Å². The van der Waals surface area contributed by atoms with Gasteiger partial charge in [-0.2, -0.15) is 0 Å². The first-order valence-electron chi connectivity index (χ1n) is 2.44. The minimum absolute atomic E-state index is 0.0208. The molecule has 4 heteroatoms. The van der Waals surface area contributed by atoms with E-state index in [0.717, 1.165) is 0 Å². The van der Waals surface area contributed by atoms with Gasteiger partial charge in [-0.05, 0) is 0 Å². The van der Waals surface area contributed by atoms with Gasteiger partial charge < -0.3 is 10.2 Å². The fourth-order valence-electron chi connectivity index (χ4n) is 0.605. The van der Waals surface area contributed by atoms with Crippen molar-refractivity contribution in [3.05, 3.63) is 11.3 Å². The second-order valence-electron chi connectivity index (χ2n) is 1.72. The van der Waals surface area contributed by atoms with Crippen molar-refractivity contribution in [3.63, 3.8) is 0 Å². The van der Waals surface area contributed by atoms with Gasteiger partial charge in [0.2, 0.25) is 0 Å². The van der Waals surface area contributed by atoms with Crippen LogP contribution in [0.2, 0.25) is 0 Å². The molecule has 0 aliphatic carbocycles. The van der Waals surface area contributed by atoms with Gasteiger partial charge in [0.05, 0.1) is 11.3 Å². The predicted octanol–water partition coefficient (Wildman–Crippen LogP) is 0.630. The molecular formula is C5H6O3S. The van der Waals surface area contributed by atoms with E-state index in [2.05, 4.69) is 0 Å². The fraction of sp³-hybridized carbons (Fsp3) is 0.400. The molecule has 50 valence electrons. The van der Waals surface area contributed by atoms with Gasteiger partial charge in [-0.3, -0.25) is 0 Å². The van der Waals surface area contributed by atoms with Crippen LogP contribution in [0, 0.1) is 0 Å². The lowest BCUT2D eigenvalue weighted by molar-refractivity contribution is -0.132. The molecule has 0 saturated carbocycles. The molecule has 0 aromatic carbocycles. The Labute approximate surface area is 56.4 Å². The number of carbonyl (C=O) groups is 1. The van der Waals surface area contributed by atoms with Crippen molar-refractivity contribution >= 4 is 17.7 Å². The number of hydrogen-bond donors (Lipinski definition) is 2. The summed E-state index contributed by atoms with van der Waals surface area (Å²) < 4.78 is 0. The summed E-state index contributed by atoms with van der Waals surface area (Å²) >= 11 is 1.41. The smallest absolute Gasteiger partial charge is 0.335 e. The summed E-state index contributed by atoms with van der Waals surface area (Å²) in [5.41, 5.74) is 0.153. The molecule has 0 radical (unpaired) electrons. The van der Waals surface area contributed by atoms with Crippen LogP contribution < -0.4 is 0 Å². The third kappa shape index (κ3) is 1.18. The van der Waals surface area contributed by atoms with E-state index in [1.165, 1.54) is 11.8 Å². The average molecular weight is 146 g/mol. The third-order valence-electron chi connectivity index (χ3n) is 1.09. The highest BCUT2D eigenvalue weighted by Gasteiger charge is 2.19. The van der Waals surface area contributed by atoms with Crippen LogP contribution in [-0.4, -0.2) is 27.7 Å². The van der Waals surface area contributed by atoms with E-state index >= 15 is 0 Å². The lowest BCUT2D eigenvalue weighted by Crippen LogP contribution is -2.02. The molecule has 9 heavy (non-hydrogen) atoms. The Bertz CT molecular complexity index is 173. The molecule has 2 N–H and O–H groups in total. The lowest BCUT2D eigenvalue weighted by Gasteiger charge is -1.90. The zero-order valence-corrected chi connectivity index (χ0v) is 5.44. The molecule has 0 aromatic heterocycles. The minimum Gasteiger partial charge on any atom is -0.511 e. The van der Waals surface area contributed by atoms with Crippen LogP contribution in [0.5, 0.6) is 0 Å². The Morgan fingerprint density at radius 1 is 1.56 bits per heavy atom. The normalized spacial score (nSPS) is 18.7. The Hall–Kier alpha value is -0.640. The van der Waals surface area contributed by atoms with E-state index in [1.807, 2.05) is 0 Å². The van der Waals surface area contributed by atoms with Crippen molar-refractivity contribution in [2.75, 3.05) is 11.5 Å². The number of hydrogen-bond acceptors (Lipinski definition) is 3. The summed E-state index contributed by atoms with van der Waals surface area (Å²) in [6, 6.07) is 0. The summed E-state index contributed by atoms with van der Waals surface area (Å²) in [5, 5.41) is 17.2. The van der Waals surface area contributed by atoms with Crippen LogP contribution >= 0.6 is 11.8 Å². The molecule has 0 amide bonds. The topological polar surface area (TPSA) is 57.5 Å². The summed E-state index contributed by atoms with van der Waals surface area (Å²) in [7, 11) is 0. The maximum Gasteiger partial charge on any atom is 0.335 e. The Morgan fingerprint density at radius 3 is 2.44 bits per heavy atom. The Kier molecular flexibility index (Phi) is 1.66. The van der Waals surface area contributed by atoms with E-state index in [-0.39, 0.29) is 11.3 Å². The van der Waals surface area contributed by atoms with Crippen LogP contribution in [0.25, 0.3) is 0 Å². The zero-order chi connectivity index (χ0) is 6.85. The molecule has 1 heterocycles. The summed E-state index contributed by atoms with van der Waals surface area (Å²) in [4.78, 5) is 10.2. The highest BCUT2D eigenvalue weighted by molar-refractivity contribution is 7.99. The van der Waals surface area contributed by atoms with Crippen LogP contribution in [0.4, 0.5) is 0 Å². The number of aliphatic hydroxyl groups is 1. The molecule has 0 bridgehead atoms. The minimum atomic E-state index is -1.00. The van der Waals surface area contributed by atoms with Crippen molar-refractivity contribution in [1.82, 2.24) is 0 Å². The van der Waals surface area contributed by atoms with Crippen LogP contribution in [0.15, 0.2) is 11.3 Å². The van der Waals surface area contributed by atoms with E-state index in [1.54, 1.807) is 0 Å². The summed E-state index contributed by atoms with van der Waals surface area (Å²) in [6.45, 7) is 0. The first-order valence-corrected chi connectivity index (χ1v) is 3.59. The van der Waals surface area contributed by atoms with Gasteiger partial charge in [-0.1, -0.05) is 0 Å². The molecule has 1 aliphatic heterocycles. The van der Waals surface area contributed by atoms with Crippen molar-refractivity contribution < 1.29 is 15.0 Å². The third-order valence-corrected chi connectivity index (χ3v) is 2.06. The molecule has 1 aliphatic rings. The number of aliphatic carboxylic acids is 1. The van der Waals surface area contributed by atoms with Gasteiger partial charge >= 0.3 is 5.97 Å². The Balaban J connectivity index is 2.78. The van der Waals surface area contributed by atoms with E-state index < -0.39 is 5.97 Å². The van der Waals surface area contributed by atoms with Crippen LogP contribution in [0.3, 0.4) is 0 Å². The SMILES string of the molecule is O=C(O)C1=C(O)CSC1. The Morgan fingerprint density at radius 2 is 2.22 bits per heavy atom. The standard InChI is InChI=1S/C5H6O3S/c6-4-2-9-1-3(4)5(7)8/h6H,1-2H2,(H,7,8). The highest BCUT2D eigenvalue weighted by Crippen LogP contribution is 2.22. The van der Waals surface area contributed by atoms with Gasteiger partial charge in [0.15, 0.2) is 0 Å². The van der Waals surface area contributed by atoms with Crippen molar-refractivity contribution in [2.24, 2.45) is 0 Å². The highest BCUT2D eigenvalue weighted by atomic mass is 32.2. The summed E-state index contributed by atoms with van der Waals surface area (Å²) in [6.07, 6.45) is 0. The number of carboxylic acids is 1. The number of aliphatic hydroxyl groups excluding tert-OH is 1. The predicted molar refractivity (Wildman–Crippen MR) is 34.6 cm³/mol.